The molecule has 1 aromatic rings. The van der Waals surface area contributed by atoms with Gasteiger partial charge in [-0.1, -0.05) is 31.5 Å². The summed E-state index contributed by atoms with van der Waals surface area (Å²) in [6, 6.07) is 6.04. The number of thioether (sulfide) groups is 1. The molecule has 1 rings (SSSR count). The molecule has 2 nitrogen and oxygen atoms in total. The number of phenols is 1. The van der Waals surface area contributed by atoms with Gasteiger partial charge in [-0.15, -0.1) is 0 Å². The van der Waals surface area contributed by atoms with E-state index in [-0.39, 0.29) is 6.10 Å². The number of aliphatic hydroxyl groups excluding tert-OH is 1. The molecular formula is C15H24O2S. The van der Waals surface area contributed by atoms with Gasteiger partial charge in [0.2, 0.25) is 0 Å². The quantitative estimate of drug-likeness (QED) is 0.710. The summed E-state index contributed by atoms with van der Waals surface area (Å²) in [5, 5.41) is 19.3. The molecule has 3 heteroatoms. The topological polar surface area (TPSA) is 40.5 Å². The van der Waals surface area contributed by atoms with Gasteiger partial charge in [0.1, 0.15) is 5.75 Å². The van der Waals surface area contributed by atoms with Crippen molar-refractivity contribution >= 4 is 11.8 Å². The van der Waals surface area contributed by atoms with Crippen molar-refractivity contribution in [3.05, 3.63) is 29.3 Å². The van der Waals surface area contributed by atoms with Crippen molar-refractivity contribution in [2.75, 3.05) is 11.5 Å². The fourth-order valence-corrected chi connectivity index (χ4v) is 2.79. The van der Waals surface area contributed by atoms with E-state index in [1.54, 1.807) is 11.8 Å². The second-order valence-corrected chi connectivity index (χ2v) is 5.85. The number of benzene rings is 1. The van der Waals surface area contributed by atoms with E-state index in [2.05, 4.69) is 6.92 Å². The van der Waals surface area contributed by atoms with Gasteiger partial charge in [-0.05, 0) is 43.1 Å². The standard InChI is InChI=1S/C15H24O2S/c1-3-6-13-7-4-8-14(15(13)17)9-5-10-18-11-12(2)16/h4,7-8,12,16-17H,3,5-6,9-11H2,1-2H3. The maximum absolute atomic E-state index is 10.1. The molecule has 1 aromatic carbocycles. The molecule has 0 saturated carbocycles. The number of rotatable bonds is 8. The fraction of sp³-hybridized carbons (Fsp3) is 0.600. The first-order valence-electron chi connectivity index (χ1n) is 6.70. The monoisotopic (exact) mass is 268 g/mol. The molecule has 1 unspecified atom stereocenters. The molecule has 0 heterocycles. The highest BCUT2D eigenvalue weighted by Gasteiger charge is 2.06. The average Bonchev–Trinajstić information content (AvgIpc) is 2.33. The SMILES string of the molecule is CCCc1cccc(CCCSCC(C)O)c1O. The molecule has 0 spiro atoms. The second-order valence-electron chi connectivity index (χ2n) is 4.70. The van der Waals surface area contributed by atoms with Gasteiger partial charge in [-0.3, -0.25) is 0 Å². The van der Waals surface area contributed by atoms with Crippen molar-refractivity contribution in [1.29, 1.82) is 0 Å². The van der Waals surface area contributed by atoms with Crippen LogP contribution in [0.1, 0.15) is 37.8 Å². The number of aliphatic hydroxyl groups is 1. The number of hydrogen-bond donors (Lipinski definition) is 2. The van der Waals surface area contributed by atoms with Gasteiger partial charge < -0.3 is 10.2 Å². The molecule has 0 aliphatic heterocycles. The molecule has 0 amide bonds. The van der Waals surface area contributed by atoms with Gasteiger partial charge in [-0.2, -0.15) is 11.8 Å². The summed E-state index contributed by atoms with van der Waals surface area (Å²) >= 11 is 1.77. The van der Waals surface area contributed by atoms with Crippen LogP contribution in [0.5, 0.6) is 5.75 Å². The van der Waals surface area contributed by atoms with Crippen molar-refractivity contribution < 1.29 is 10.2 Å². The van der Waals surface area contributed by atoms with E-state index in [0.717, 1.165) is 48.3 Å². The molecule has 0 radical (unpaired) electrons. The second kappa shape index (κ2) is 8.44. The molecule has 18 heavy (non-hydrogen) atoms. The molecule has 0 bridgehead atoms. The smallest absolute Gasteiger partial charge is 0.121 e. The Balaban J connectivity index is 2.40. The first-order chi connectivity index (χ1) is 8.65. The lowest BCUT2D eigenvalue weighted by atomic mass is 10.0. The zero-order chi connectivity index (χ0) is 13.4. The molecule has 2 N–H and O–H groups in total. The molecule has 0 fully saturated rings. The van der Waals surface area contributed by atoms with E-state index in [9.17, 15) is 5.11 Å². The van der Waals surface area contributed by atoms with Crippen molar-refractivity contribution in [2.24, 2.45) is 0 Å². The summed E-state index contributed by atoms with van der Waals surface area (Å²) in [6.45, 7) is 3.94. The Bertz CT molecular complexity index is 350. The summed E-state index contributed by atoms with van der Waals surface area (Å²) in [5.41, 5.74) is 2.12. The van der Waals surface area contributed by atoms with Crippen LogP contribution < -0.4 is 0 Å². The Kier molecular flexibility index (Phi) is 7.21. The Labute approximate surface area is 114 Å². The van der Waals surface area contributed by atoms with E-state index in [0.29, 0.717) is 5.75 Å². The van der Waals surface area contributed by atoms with Crippen LogP contribution in [-0.4, -0.2) is 27.8 Å². The first kappa shape index (κ1) is 15.4. The van der Waals surface area contributed by atoms with Crippen molar-refractivity contribution in [1.82, 2.24) is 0 Å². The molecule has 0 saturated heterocycles. The van der Waals surface area contributed by atoms with Crippen LogP contribution in [0.3, 0.4) is 0 Å². The average molecular weight is 268 g/mol. The normalized spacial score (nSPS) is 12.6. The number of aryl methyl sites for hydroxylation is 2. The maximum Gasteiger partial charge on any atom is 0.121 e. The van der Waals surface area contributed by atoms with Gasteiger partial charge >= 0.3 is 0 Å². The lowest BCUT2D eigenvalue weighted by molar-refractivity contribution is 0.220. The van der Waals surface area contributed by atoms with Crippen LogP contribution in [-0.2, 0) is 12.8 Å². The van der Waals surface area contributed by atoms with Gasteiger partial charge in [0.25, 0.3) is 0 Å². The summed E-state index contributed by atoms with van der Waals surface area (Å²) in [7, 11) is 0. The third-order valence-corrected chi connectivity index (χ3v) is 4.11. The minimum absolute atomic E-state index is 0.226. The third-order valence-electron chi connectivity index (χ3n) is 2.82. The molecule has 102 valence electrons. The molecule has 1 atom stereocenters. The van der Waals surface area contributed by atoms with E-state index in [1.165, 1.54) is 0 Å². The van der Waals surface area contributed by atoms with Crippen molar-refractivity contribution in [3.63, 3.8) is 0 Å². The summed E-state index contributed by atoms with van der Waals surface area (Å²) in [5.74, 6) is 2.31. The minimum Gasteiger partial charge on any atom is -0.507 e. The van der Waals surface area contributed by atoms with Crippen LogP contribution >= 0.6 is 11.8 Å². The number of para-hydroxylation sites is 1. The minimum atomic E-state index is -0.226. The summed E-state index contributed by atoms with van der Waals surface area (Å²) < 4.78 is 0. The van der Waals surface area contributed by atoms with Gasteiger partial charge in [0, 0.05) is 5.75 Å². The van der Waals surface area contributed by atoms with E-state index in [1.807, 2.05) is 25.1 Å². The van der Waals surface area contributed by atoms with Crippen molar-refractivity contribution in [3.8, 4) is 5.75 Å². The Hall–Kier alpha value is -0.670. The van der Waals surface area contributed by atoms with Crippen LogP contribution in [0.4, 0.5) is 0 Å². The number of hydrogen-bond acceptors (Lipinski definition) is 3. The first-order valence-corrected chi connectivity index (χ1v) is 7.86. The largest absolute Gasteiger partial charge is 0.507 e. The zero-order valence-corrected chi connectivity index (χ0v) is 12.2. The number of phenolic OH excluding ortho intramolecular Hbond substituents is 1. The number of aromatic hydroxyl groups is 1. The van der Waals surface area contributed by atoms with Crippen LogP contribution in [0.25, 0.3) is 0 Å². The van der Waals surface area contributed by atoms with E-state index >= 15 is 0 Å². The third kappa shape index (κ3) is 5.32. The molecule has 0 aliphatic rings. The van der Waals surface area contributed by atoms with Gasteiger partial charge in [-0.25, -0.2) is 0 Å². The zero-order valence-electron chi connectivity index (χ0n) is 11.4. The summed E-state index contributed by atoms with van der Waals surface area (Å²) in [6.07, 6.45) is 3.73. The molecule has 0 aromatic heterocycles. The van der Waals surface area contributed by atoms with Gasteiger partial charge in [0.05, 0.1) is 6.10 Å². The highest BCUT2D eigenvalue weighted by molar-refractivity contribution is 7.99. The van der Waals surface area contributed by atoms with E-state index in [4.69, 9.17) is 5.11 Å². The summed E-state index contributed by atoms with van der Waals surface area (Å²) in [4.78, 5) is 0. The predicted octanol–water partition coefficient (Wildman–Crippen LogP) is 3.39. The van der Waals surface area contributed by atoms with E-state index < -0.39 is 0 Å². The van der Waals surface area contributed by atoms with Crippen LogP contribution in [0.15, 0.2) is 18.2 Å². The Morgan fingerprint density at radius 1 is 1.22 bits per heavy atom. The van der Waals surface area contributed by atoms with Gasteiger partial charge in [0.15, 0.2) is 0 Å². The maximum atomic E-state index is 10.1. The molecular weight excluding hydrogens is 244 g/mol. The fourth-order valence-electron chi connectivity index (χ4n) is 1.94. The highest BCUT2D eigenvalue weighted by atomic mass is 32.2. The van der Waals surface area contributed by atoms with Crippen molar-refractivity contribution in [2.45, 2.75) is 45.6 Å². The lowest BCUT2D eigenvalue weighted by Gasteiger charge is -2.09. The Morgan fingerprint density at radius 3 is 2.50 bits per heavy atom. The lowest BCUT2D eigenvalue weighted by Crippen LogP contribution is -2.03. The molecule has 0 aliphatic carbocycles. The Morgan fingerprint density at radius 2 is 1.89 bits per heavy atom. The predicted molar refractivity (Wildman–Crippen MR) is 79.4 cm³/mol. The van der Waals surface area contributed by atoms with Crippen LogP contribution in [0.2, 0.25) is 0 Å². The van der Waals surface area contributed by atoms with Crippen LogP contribution in [0, 0.1) is 0 Å². The highest BCUT2D eigenvalue weighted by Crippen LogP contribution is 2.25.